The van der Waals surface area contributed by atoms with Gasteiger partial charge in [-0.2, -0.15) is 0 Å². The molecule has 0 aliphatic heterocycles. The first kappa shape index (κ1) is 14.2. The quantitative estimate of drug-likeness (QED) is 0.592. The molecule has 0 unspecified atom stereocenters. The summed E-state index contributed by atoms with van der Waals surface area (Å²) in [6, 6.07) is 11.5. The third-order valence-corrected chi connectivity index (χ3v) is 4.48. The highest BCUT2D eigenvalue weighted by atomic mass is 79.9. The highest BCUT2D eigenvalue weighted by molar-refractivity contribution is 9.10. The Morgan fingerprint density at radius 1 is 1.29 bits per heavy atom. The molecule has 0 radical (unpaired) electrons. The average Bonchev–Trinajstić information content (AvgIpc) is 2.78. The molecule has 0 aliphatic rings. The number of nitrogens with one attached hydrogen (secondary N) is 1. The first-order chi connectivity index (χ1) is 10.1. The Bertz CT molecular complexity index is 855. The minimum absolute atomic E-state index is 0.104. The van der Waals surface area contributed by atoms with Crippen LogP contribution in [0.4, 0.5) is 5.69 Å². The molecule has 0 bridgehead atoms. The lowest BCUT2D eigenvalue weighted by molar-refractivity contribution is 0.480. The molecule has 0 saturated heterocycles. The minimum Gasteiger partial charge on any atom is -0.505 e. The van der Waals surface area contributed by atoms with Gasteiger partial charge in [-0.1, -0.05) is 23.7 Å². The number of fused-ring (bicyclic) bond motifs is 1. The standard InChI is InChI=1S/C16H12BrClN2O/c1-9-3-2-4-10(7-9)19-8-13-16(21)14-12(20-13)6-5-11(17)15(14)18/h2-8,20-21H,1H3. The van der Waals surface area contributed by atoms with Crippen LogP contribution < -0.4 is 0 Å². The molecule has 21 heavy (non-hydrogen) atoms. The lowest BCUT2D eigenvalue weighted by atomic mass is 10.2. The number of hydrogen-bond donors (Lipinski definition) is 2. The molecule has 0 amide bonds. The molecule has 0 aliphatic carbocycles. The fourth-order valence-electron chi connectivity index (χ4n) is 2.17. The van der Waals surface area contributed by atoms with Gasteiger partial charge in [0.25, 0.3) is 0 Å². The van der Waals surface area contributed by atoms with Crippen molar-refractivity contribution < 1.29 is 5.11 Å². The van der Waals surface area contributed by atoms with Crippen molar-refractivity contribution in [2.45, 2.75) is 6.92 Å². The molecule has 0 spiro atoms. The number of hydrogen-bond acceptors (Lipinski definition) is 2. The van der Waals surface area contributed by atoms with E-state index in [9.17, 15) is 5.11 Å². The van der Waals surface area contributed by atoms with Gasteiger partial charge < -0.3 is 10.1 Å². The normalized spacial score (nSPS) is 11.6. The van der Waals surface area contributed by atoms with Crippen LogP contribution in [0.25, 0.3) is 10.9 Å². The van der Waals surface area contributed by atoms with Crippen LogP contribution in [-0.2, 0) is 0 Å². The van der Waals surface area contributed by atoms with Gasteiger partial charge in [0.2, 0.25) is 0 Å². The van der Waals surface area contributed by atoms with Crippen molar-refractivity contribution in [2.75, 3.05) is 0 Å². The fourth-order valence-corrected chi connectivity index (χ4v) is 2.75. The molecular formula is C16H12BrClN2O. The van der Waals surface area contributed by atoms with Crippen LogP contribution in [0.2, 0.25) is 5.02 Å². The number of rotatable bonds is 2. The van der Waals surface area contributed by atoms with Crippen molar-refractivity contribution >= 4 is 50.3 Å². The SMILES string of the molecule is Cc1cccc(N=Cc2[nH]c3ccc(Br)c(Cl)c3c2O)c1. The predicted octanol–water partition coefficient (Wildman–Crippen LogP) is 5.35. The highest BCUT2D eigenvalue weighted by Crippen LogP contribution is 2.38. The van der Waals surface area contributed by atoms with Crippen molar-refractivity contribution in [3.63, 3.8) is 0 Å². The van der Waals surface area contributed by atoms with Crippen LogP contribution in [-0.4, -0.2) is 16.3 Å². The Labute approximate surface area is 135 Å². The van der Waals surface area contributed by atoms with Gasteiger partial charge >= 0.3 is 0 Å². The van der Waals surface area contributed by atoms with Gasteiger partial charge in [0.15, 0.2) is 5.75 Å². The van der Waals surface area contributed by atoms with Crippen LogP contribution in [0, 0.1) is 6.92 Å². The zero-order valence-corrected chi connectivity index (χ0v) is 13.5. The summed E-state index contributed by atoms with van der Waals surface area (Å²) in [7, 11) is 0. The Balaban J connectivity index is 2.06. The Hall–Kier alpha value is -1.78. The minimum atomic E-state index is 0.104. The van der Waals surface area contributed by atoms with Crippen LogP contribution in [0.1, 0.15) is 11.3 Å². The van der Waals surface area contributed by atoms with E-state index >= 15 is 0 Å². The van der Waals surface area contributed by atoms with E-state index in [0.717, 1.165) is 21.2 Å². The third kappa shape index (κ3) is 2.69. The molecule has 0 saturated carbocycles. The van der Waals surface area contributed by atoms with E-state index in [1.54, 1.807) is 6.21 Å². The van der Waals surface area contributed by atoms with E-state index in [0.29, 0.717) is 16.1 Å². The molecule has 2 aromatic carbocycles. The van der Waals surface area contributed by atoms with E-state index in [2.05, 4.69) is 25.9 Å². The van der Waals surface area contributed by atoms with E-state index in [4.69, 9.17) is 11.6 Å². The highest BCUT2D eigenvalue weighted by Gasteiger charge is 2.13. The maximum Gasteiger partial charge on any atom is 0.151 e. The first-order valence-corrected chi connectivity index (χ1v) is 7.53. The molecule has 3 aromatic rings. The summed E-state index contributed by atoms with van der Waals surface area (Å²) in [4.78, 5) is 7.49. The zero-order valence-electron chi connectivity index (χ0n) is 11.2. The molecule has 2 N–H and O–H groups in total. The molecule has 3 nitrogen and oxygen atoms in total. The second-order valence-electron chi connectivity index (χ2n) is 4.77. The van der Waals surface area contributed by atoms with Crippen molar-refractivity contribution in [2.24, 2.45) is 4.99 Å². The van der Waals surface area contributed by atoms with Crippen molar-refractivity contribution in [3.05, 3.63) is 57.2 Å². The number of halogens is 2. The summed E-state index contributed by atoms with van der Waals surface area (Å²) in [5.74, 6) is 0.104. The number of aromatic amines is 1. The van der Waals surface area contributed by atoms with Gasteiger partial charge in [-0.15, -0.1) is 0 Å². The van der Waals surface area contributed by atoms with E-state index in [1.165, 1.54) is 0 Å². The number of aliphatic imine (C=N–C) groups is 1. The number of H-pyrrole nitrogens is 1. The number of nitrogens with zero attached hydrogens (tertiary/aromatic N) is 1. The first-order valence-electron chi connectivity index (χ1n) is 6.35. The van der Waals surface area contributed by atoms with Crippen molar-refractivity contribution in [3.8, 4) is 5.75 Å². The van der Waals surface area contributed by atoms with Gasteiger partial charge in [0, 0.05) is 4.47 Å². The third-order valence-electron chi connectivity index (χ3n) is 3.20. The molecule has 1 aromatic heterocycles. The second kappa shape index (κ2) is 5.54. The van der Waals surface area contributed by atoms with Gasteiger partial charge in [0.05, 0.1) is 27.8 Å². The van der Waals surface area contributed by atoms with Crippen LogP contribution >= 0.6 is 27.5 Å². The van der Waals surface area contributed by atoms with E-state index < -0.39 is 0 Å². The lowest BCUT2D eigenvalue weighted by Crippen LogP contribution is -1.80. The largest absolute Gasteiger partial charge is 0.505 e. The summed E-state index contributed by atoms with van der Waals surface area (Å²) >= 11 is 9.56. The summed E-state index contributed by atoms with van der Waals surface area (Å²) in [5, 5.41) is 11.4. The maximum atomic E-state index is 10.3. The predicted molar refractivity (Wildman–Crippen MR) is 91.1 cm³/mol. The fraction of sp³-hybridized carbons (Fsp3) is 0.0625. The van der Waals surface area contributed by atoms with Crippen LogP contribution in [0.3, 0.4) is 0 Å². The molecular weight excluding hydrogens is 352 g/mol. The van der Waals surface area contributed by atoms with Crippen molar-refractivity contribution in [1.29, 1.82) is 0 Å². The smallest absolute Gasteiger partial charge is 0.151 e. The number of benzene rings is 2. The Morgan fingerprint density at radius 2 is 2.10 bits per heavy atom. The molecule has 3 rings (SSSR count). The summed E-state index contributed by atoms with van der Waals surface area (Å²) in [6.45, 7) is 2.01. The summed E-state index contributed by atoms with van der Waals surface area (Å²) < 4.78 is 0.744. The van der Waals surface area contributed by atoms with Gasteiger partial charge in [-0.25, -0.2) is 0 Å². The van der Waals surface area contributed by atoms with Crippen LogP contribution in [0.5, 0.6) is 5.75 Å². The number of aromatic hydroxyl groups is 1. The number of aromatic nitrogens is 1. The molecule has 0 atom stereocenters. The molecule has 106 valence electrons. The van der Waals surface area contributed by atoms with Gasteiger partial charge in [0.1, 0.15) is 5.69 Å². The molecule has 5 heteroatoms. The molecule has 0 fully saturated rings. The monoisotopic (exact) mass is 362 g/mol. The number of aryl methyl sites for hydroxylation is 1. The maximum absolute atomic E-state index is 10.3. The molecule has 1 heterocycles. The topological polar surface area (TPSA) is 48.4 Å². The van der Waals surface area contributed by atoms with Crippen LogP contribution in [0.15, 0.2) is 45.9 Å². The summed E-state index contributed by atoms with van der Waals surface area (Å²) in [5.41, 5.74) is 3.27. The zero-order chi connectivity index (χ0) is 15.0. The second-order valence-corrected chi connectivity index (χ2v) is 6.00. The van der Waals surface area contributed by atoms with E-state index in [-0.39, 0.29) is 5.75 Å². The average molecular weight is 364 g/mol. The Kier molecular flexibility index (Phi) is 3.74. The van der Waals surface area contributed by atoms with Crippen molar-refractivity contribution in [1.82, 2.24) is 4.98 Å². The van der Waals surface area contributed by atoms with E-state index in [1.807, 2.05) is 43.3 Å². The van der Waals surface area contributed by atoms with Gasteiger partial charge in [-0.3, -0.25) is 4.99 Å². The lowest BCUT2D eigenvalue weighted by Gasteiger charge is -1.97. The summed E-state index contributed by atoms with van der Waals surface area (Å²) in [6.07, 6.45) is 1.61. The Morgan fingerprint density at radius 3 is 2.86 bits per heavy atom. The van der Waals surface area contributed by atoms with Gasteiger partial charge in [-0.05, 0) is 52.7 Å².